The Balaban J connectivity index is 2.44. The lowest BCUT2D eigenvalue weighted by Gasteiger charge is -2.04. The summed E-state index contributed by atoms with van der Waals surface area (Å²) in [5.41, 5.74) is 8.28. The molecule has 3 heteroatoms. The molecule has 3 nitrogen and oxygen atoms in total. The van der Waals surface area contributed by atoms with Gasteiger partial charge in [0.1, 0.15) is 0 Å². The lowest BCUT2D eigenvalue weighted by atomic mass is 10.1. The van der Waals surface area contributed by atoms with Gasteiger partial charge in [-0.05, 0) is 31.4 Å². The van der Waals surface area contributed by atoms with Gasteiger partial charge in [-0.2, -0.15) is 0 Å². The van der Waals surface area contributed by atoms with Crippen LogP contribution < -0.4 is 11.1 Å². The highest BCUT2D eigenvalue weighted by Gasteiger charge is 1.95. The number of nitrogens with two attached hydrogens (primary N) is 1. The summed E-state index contributed by atoms with van der Waals surface area (Å²) in [6, 6.07) is 8.36. The van der Waals surface area contributed by atoms with Crippen LogP contribution >= 0.6 is 0 Å². The molecule has 0 aliphatic heterocycles. The van der Waals surface area contributed by atoms with Gasteiger partial charge in [0.25, 0.3) is 0 Å². The third-order valence-corrected chi connectivity index (χ3v) is 2.28. The third-order valence-electron chi connectivity index (χ3n) is 2.28. The predicted octanol–water partition coefficient (Wildman–Crippen LogP) is 1.46. The van der Waals surface area contributed by atoms with Crippen molar-refractivity contribution in [2.75, 3.05) is 13.1 Å². The smallest absolute Gasteiger partial charge is 0.188 e. The van der Waals surface area contributed by atoms with Crippen molar-refractivity contribution >= 4 is 5.96 Å². The minimum absolute atomic E-state index is 0.533. The Bertz CT molecular complexity index is 331. The lowest BCUT2D eigenvalue weighted by molar-refractivity contribution is 0.902. The van der Waals surface area contributed by atoms with Crippen molar-refractivity contribution in [2.24, 2.45) is 10.7 Å². The molecule has 0 fully saturated rings. The Morgan fingerprint density at radius 2 is 2.13 bits per heavy atom. The first-order valence-corrected chi connectivity index (χ1v) is 5.32. The zero-order valence-electron chi connectivity index (χ0n) is 9.46. The average Bonchev–Trinajstić information content (AvgIpc) is 2.21. The van der Waals surface area contributed by atoms with Crippen LogP contribution in [0, 0.1) is 6.92 Å². The molecule has 0 amide bonds. The molecule has 15 heavy (non-hydrogen) atoms. The molecule has 0 unspecified atom stereocenters. The first-order chi connectivity index (χ1) is 7.24. The van der Waals surface area contributed by atoms with Crippen molar-refractivity contribution in [3.8, 4) is 0 Å². The topological polar surface area (TPSA) is 50.4 Å². The number of guanidine groups is 1. The molecule has 1 aromatic carbocycles. The van der Waals surface area contributed by atoms with Crippen LogP contribution in [0.15, 0.2) is 29.3 Å². The van der Waals surface area contributed by atoms with E-state index in [0.717, 1.165) is 19.5 Å². The minimum atomic E-state index is 0.533. The maximum Gasteiger partial charge on any atom is 0.188 e. The molecule has 3 N–H and O–H groups in total. The van der Waals surface area contributed by atoms with Gasteiger partial charge >= 0.3 is 0 Å². The first-order valence-electron chi connectivity index (χ1n) is 5.32. The summed E-state index contributed by atoms with van der Waals surface area (Å²) in [5, 5.41) is 2.97. The number of rotatable bonds is 4. The van der Waals surface area contributed by atoms with Crippen LogP contribution in [0.3, 0.4) is 0 Å². The molecule has 0 spiro atoms. The van der Waals surface area contributed by atoms with Crippen molar-refractivity contribution in [1.29, 1.82) is 0 Å². The highest BCUT2D eigenvalue weighted by molar-refractivity contribution is 5.77. The molecule has 0 aliphatic rings. The van der Waals surface area contributed by atoms with E-state index in [1.807, 2.05) is 6.92 Å². The zero-order valence-corrected chi connectivity index (χ0v) is 9.46. The molecule has 0 saturated carbocycles. The first kappa shape index (κ1) is 11.6. The van der Waals surface area contributed by atoms with E-state index in [9.17, 15) is 0 Å². The highest BCUT2D eigenvalue weighted by atomic mass is 15.1. The lowest BCUT2D eigenvalue weighted by Crippen LogP contribution is -2.31. The fourth-order valence-electron chi connectivity index (χ4n) is 1.42. The van der Waals surface area contributed by atoms with Crippen molar-refractivity contribution in [3.05, 3.63) is 35.4 Å². The van der Waals surface area contributed by atoms with Gasteiger partial charge in [0.15, 0.2) is 5.96 Å². The van der Waals surface area contributed by atoms with E-state index < -0.39 is 0 Å². The Hall–Kier alpha value is -1.51. The molecule has 0 heterocycles. The van der Waals surface area contributed by atoms with Gasteiger partial charge < -0.3 is 11.1 Å². The molecular formula is C12H19N3. The van der Waals surface area contributed by atoms with Crippen LogP contribution in [0.1, 0.15) is 18.1 Å². The SMILES string of the molecule is CCNC(N)=NCCc1ccccc1C. The molecule has 0 radical (unpaired) electrons. The summed E-state index contributed by atoms with van der Waals surface area (Å²) in [5.74, 6) is 0.533. The third kappa shape index (κ3) is 4.02. The second kappa shape index (κ2) is 6.06. The van der Waals surface area contributed by atoms with E-state index in [1.54, 1.807) is 0 Å². The summed E-state index contributed by atoms with van der Waals surface area (Å²) < 4.78 is 0. The molecular weight excluding hydrogens is 186 g/mol. The number of benzene rings is 1. The molecule has 0 aromatic heterocycles. The van der Waals surface area contributed by atoms with Gasteiger partial charge in [-0.15, -0.1) is 0 Å². The second-order valence-electron chi connectivity index (χ2n) is 3.47. The predicted molar refractivity (Wildman–Crippen MR) is 65.0 cm³/mol. The highest BCUT2D eigenvalue weighted by Crippen LogP contribution is 2.07. The normalized spacial score (nSPS) is 11.5. The van der Waals surface area contributed by atoms with E-state index in [0.29, 0.717) is 5.96 Å². The Morgan fingerprint density at radius 1 is 1.40 bits per heavy atom. The van der Waals surface area contributed by atoms with Gasteiger partial charge in [0, 0.05) is 13.1 Å². The van der Waals surface area contributed by atoms with Crippen molar-refractivity contribution < 1.29 is 0 Å². The number of hydrogen-bond donors (Lipinski definition) is 2. The fraction of sp³-hybridized carbons (Fsp3) is 0.417. The van der Waals surface area contributed by atoms with Gasteiger partial charge in [-0.25, -0.2) is 0 Å². The fourth-order valence-corrected chi connectivity index (χ4v) is 1.42. The number of nitrogens with one attached hydrogen (secondary N) is 1. The number of nitrogens with zero attached hydrogens (tertiary/aromatic N) is 1. The van der Waals surface area contributed by atoms with Crippen LogP contribution in [0.25, 0.3) is 0 Å². The van der Waals surface area contributed by atoms with Gasteiger partial charge in [0.05, 0.1) is 0 Å². The van der Waals surface area contributed by atoms with E-state index >= 15 is 0 Å². The molecule has 82 valence electrons. The largest absolute Gasteiger partial charge is 0.370 e. The van der Waals surface area contributed by atoms with Crippen LogP contribution in [0.4, 0.5) is 0 Å². The molecule has 1 aromatic rings. The molecule has 1 rings (SSSR count). The van der Waals surface area contributed by atoms with E-state index in [-0.39, 0.29) is 0 Å². The number of hydrogen-bond acceptors (Lipinski definition) is 1. The summed E-state index contributed by atoms with van der Waals surface area (Å²) in [6.07, 6.45) is 0.943. The zero-order chi connectivity index (χ0) is 11.1. The van der Waals surface area contributed by atoms with Gasteiger partial charge in [-0.3, -0.25) is 4.99 Å². The minimum Gasteiger partial charge on any atom is -0.370 e. The number of aliphatic imine (C=N–C) groups is 1. The van der Waals surface area contributed by atoms with Crippen molar-refractivity contribution in [2.45, 2.75) is 20.3 Å². The maximum atomic E-state index is 5.63. The van der Waals surface area contributed by atoms with E-state index in [4.69, 9.17) is 5.73 Å². The maximum absolute atomic E-state index is 5.63. The van der Waals surface area contributed by atoms with E-state index in [2.05, 4.69) is 41.5 Å². The monoisotopic (exact) mass is 205 g/mol. The second-order valence-corrected chi connectivity index (χ2v) is 3.47. The van der Waals surface area contributed by atoms with Crippen LogP contribution in [-0.4, -0.2) is 19.0 Å². The number of aryl methyl sites for hydroxylation is 1. The Kier molecular flexibility index (Phi) is 4.68. The standard InChI is InChI=1S/C12H19N3/c1-3-14-12(13)15-9-8-11-7-5-4-6-10(11)2/h4-7H,3,8-9H2,1-2H3,(H3,13,14,15). The molecule has 0 aliphatic carbocycles. The van der Waals surface area contributed by atoms with Gasteiger partial charge in [-0.1, -0.05) is 24.3 Å². The van der Waals surface area contributed by atoms with Gasteiger partial charge in [0.2, 0.25) is 0 Å². The summed E-state index contributed by atoms with van der Waals surface area (Å²) >= 11 is 0. The molecule has 0 bridgehead atoms. The molecule has 0 atom stereocenters. The summed E-state index contributed by atoms with van der Waals surface area (Å²) in [4.78, 5) is 4.23. The summed E-state index contributed by atoms with van der Waals surface area (Å²) in [6.45, 7) is 5.68. The quantitative estimate of drug-likeness (QED) is 0.577. The summed E-state index contributed by atoms with van der Waals surface area (Å²) in [7, 11) is 0. The Labute approximate surface area is 91.4 Å². The van der Waals surface area contributed by atoms with E-state index in [1.165, 1.54) is 11.1 Å². The van der Waals surface area contributed by atoms with Crippen LogP contribution in [0.5, 0.6) is 0 Å². The average molecular weight is 205 g/mol. The van der Waals surface area contributed by atoms with Crippen molar-refractivity contribution in [3.63, 3.8) is 0 Å². The van der Waals surface area contributed by atoms with Crippen molar-refractivity contribution in [1.82, 2.24) is 5.32 Å². The van der Waals surface area contributed by atoms with Crippen LogP contribution in [0.2, 0.25) is 0 Å². The van der Waals surface area contributed by atoms with Crippen LogP contribution in [-0.2, 0) is 6.42 Å². The molecule has 0 saturated heterocycles. The Morgan fingerprint density at radius 3 is 2.80 bits per heavy atom.